The Labute approximate surface area is 101 Å². The molecule has 0 radical (unpaired) electrons. The van der Waals surface area contributed by atoms with Crippen LogP contribution in [-0.2, 0) is 16.1 Å². The van der Waals surface area contributed by atoms with Gasteiger partial charge in [-0.05, 0) is 31.5 Å². The van der Waals surface area contributed by atoms with E-state index < -0.39 is 0 Å². The van der Waals surface area contributed by atoms with Crippen LogP contribution >= 0.6 is 0 Å². The van der Waals surface area contributed by atoms with Crippen molar-refractivity contribution >= 4 is 5.91 Å². The molecule has 1 aromatic carbocycles. The van der Waals surface area contributed by atoms with Gasteiger partial charge in [0.15, 0.2) is 0 Å². The predicted octanol–water partition coefficient (Wildman–Crippen LogP) is 2.21. The van der Waals surface area contributed by atoms with Crippen molar-refractivity contribution in [2.24, 2.45) is 0 Å². The molecule has 0 aliphatic heterocycles. The van der Waals surface area contributed by atoms with Crippen LogP contribution in [0.3, 0.4) is 0 Å². The van der Waals surface area contributed by atoms with E-state index in [0.717, 1.165) is 5.56 Å². The molecule has 0 unspecified atom stereocenters. The van der Waals surface area contributed by atoms with Crippen LogP contribution in [0.4, 0.5) is 4.39 Å². The first-order valence-corrected chi connectivity index (χ1v) is 5.77. The van der Waals surface area contributed by atoms with Gasteiger partial charge < -0.3 is 9.64 Å². The van der Waals surface area contributed by atoms with Gasteiger partial charge in [-0.2, -0.15) is 0 Å². The fraction of sp³-hybridized carbons (Fsp3) is 0.462. The van der Waals surface area contributed by atoms with Crippen LogP contribution in [0.2, 0.25) is 0 Å². The summed E-state index contributed by atoms with van der Waals surface area (Å²) in [6, 6.07) is 6.28. The van der Waals surface area contributed by atoms with Crippen molar-refractivity contribution in [2.75, 3.05) is 19.8 Å². The molecule has 0 aromatic heterocycles. The van der Waals surface area contributed by atoms with Crippen molar-refractivity contribution in [1.29, 1.82) is 0 Å². The molecular formula is C13H18FNO2. The third-order valence-corrected chi connectivity index (χ3v) is 2.43. The average molecular weight is 239 g/mol. The maximum atomic E-state index is 13.0. The van der Waals surface area contributed by atoms with E-state index in [2.05, 4.69) is 0 Å². The smallest absolute Gasteiger partial charge is 0.248 e. The van der Waals surface area contributed by atoms with Crippen molar-refractivity contribution in [3.8, 4) is 0 Å². The number of benzene rings is 1. The van der Waals surface area contributed by atoms with Crippen molar-refractivity contribution < 1.29 is 13.9 Å². The summed E-state index contributed by atoms with van der Waals surface area (Å²) in [5, 5.41) is 0. The summed E-state index contributed by atoms with van der Waals surface area (Å²) < 4.78 is 18.1. The normalized spacial score (nSPS) is 10.3. The number of amides is 1. The summed E-state index contributed by atoms with van der Waals surface area (Å²) in [4.78, 5) is 13.4. The summed E-state index contributed by atoms with van der Waals surface area (Å²) in [6.45, 7) is 5.34. The standard InChI is InChI=1S/C13H18FNO2/c1-3-15(13(16)10-17-4-2)9-11-6-5-7-12(14)8-11/h5-8H,3-4,9-10H2,1-2H3. The Balaban J connectivity index is 2.60. The molecule has 0 aliphatic rings. The Kier molecular flexibility index (Phi) is 5.63. The minimum absolute atomic E-state index is 0.0707. The van der Waals surface area contributed by atoms with Gasteiger partial charge in [-0.1, -0.05) is 12.1 Å². The van der Waals surface area contributed by atoms with Crippen LogP contribution in [0.1, 0.15) is 19.4 Å². The molecule has 0 N–H and O–H groups in total. The van der Waals surface area contributed by atoms with E-state index in [4.69, 9.17) is 4.74 Å². The third-order valence-electron chi connectivity index (χ3n) is 2.43. The van der Waals surface area contributed by atoms with Crippen LogP contribution < -0.4 is 0 Å². The van der Waals surface area contributed by atoms with Gasteiger partial charge in [-0.3, -0.25) is 4.79 Å². The number of carbonyl (C=O) groups excluding carboxylic acids is 1. The summed E-state index contributed by atoms with van der Waals surface area (Å²) in [6.07, 6.45) is 0. The third kappa shape index (κ3) is 4.53. The van der Waals surface area contributed by atoms with Crippen molar-refractivity contribution in [1.82, 2.24) is 4.90 Å². The number of ether oxygens (including phenoxy) is 1. The summed E-state index contributed by atoms with van der Waals surface area (Å²) >= 11 is 0. The molecule has 0 heterocycles. The Bertz CT molecular complexity index is 368. The molecule has 94 valence electrons. The quantitative estimate of drug-likeness (QED) is 0.761. The highest BCUT2D eigenvalue weighted by Crippen LogP contribution is 2.07. The number of hydrogen-bond donors (Lipinski definition) is 0. The lowest BCUT2D eigenvalue weighted by Crippen LogP contribution is -2.33. The molecule has 0 spiro atoms. The van der Waals surface area contributed by atoms with E-state index in [1.54, 1.807) is 17.0 Å². The lowest BCUT2D eigenvalue weighted by atomic mass is 10.2. The summed E-state index contributed by atoms with van der Waals surface area (Å²) in [7, 11) is 0. The minimum Gasteiger partial charge on any atom is -0.372 e. The van der Waals surface area contributed by atoms with Crippen LogP contribution in [-0.4, -0.2) is 30.6 Å². The highest BCUT2D eigenvalue weighted by molar-refractivity contribution is 5.77. The van der Waals surface area contributed by atoms with Gasteiger partial charge in [0.1, 0.15) is 12.4 Å². The van der Waals surface area contributed by atoms with E-state index >= 15 is 0 Å². The van der Waals surface area contributed by atoms with Gasteiger partial charge >= 0.3 is 0 Å². The van der Waals surface area contributed by atoms with Crippen LogP contribution in [0.15, 0.2) is 24.3 Å². The highest BCUT2D eigenvalue weighted by Gasteiger charge is 2.12. The van der Waals surface area contributed by atoms with Gasteiger partial charge in [0, 0.05) is 19.7 Å². The number of carbonyl (C=O) groups is 1. The molecule has 0 atom stereocenters. The topological polar surface area (TPSA) is 29.5 Å². The molecule has 0 fully saturated rings. The molecule has 17 heavy (non-hydrogen) atoms. The molecule has 1 aromatic rings. The fourth-order valence-corrected chi connectivity index (χ4v) is 1.51. The zero-order valence-electron chi connectivity index (χ0n) is 10.3. The monoisotopic (exact) mass is 239 g/mol. The number of rotatable bonds is 6. The van der Waals surface area contributed by atoms with E-state index in [1.807, 2.05) is 13.8 Å². The molecule has 0 saturated carbocycles. The summed E-state index contributed by atoms with van der Waals surface area (Å²) in [5.74, 6) is -0.352. The number of halogens is 1. The first-order valence-electron chi connectivity index (χ1n) is 5.77. The molecular weight excluding hydrogens is 221 g/mol. The van der Waals surface area contributed by atoms with Crippen molar-refractivity contribution in [3.05, 3.63) is 35.6 Å². The lowest BCUT2D eigenvalue weighted by molar-refractivity contribution is -0.136. The zero-order valence-corrected chi connectivity index (χ0v) is 10.3. The Morgan fingerprint density at radius 3 is 2.76 bits per heavy atom. The van der Waals surface area contributed by atoms with Crippen molar-refractivity contribution in [3.63, 3.8) is 0 Å². The fourth-order valence-electron chi connectivity index (χ4n) is 1.51. The van der Waals surface area contributed by atoms with Crippen LogP contribution in [0.25, 0.3) is 0 Å². The van der Waals surface area contributed by atoms with Gasteiger partial charge in [0.25, 0.3) is 0 Å². The Morgan fingerprint density at radius 2 is 2.18 bits per heavy atom. The molecule has 1 rings (SSSR count). The average Bonchev–Trinajstić information content (AvgIpc) is 2.33. The molecule has 0 aliphatic carbocycles. The molecule has 0 saturated heterocycles. The molecule has 1 amide bonds. The van der Waals surface area contributed by atoms with Gasteiger partial charge in [-0.25, -0.2) is 4.39 Å². The largest absolute Gasteiger partial charge is 0.372 e. The summed E-state index contributed by atoms with van der Waals surface area (Å²) in [5.41, 5.74) is 0.789. The number of nitrogens with zero attached hydrogens (tertiary/aromatic N) is 1. The van der Waals surface area contributed by atoms with Gasteiger partial charge in [0.2, 0.25) is 5.91 Å². The minimum atomic E-state index is -0.282. The second kappa shape index (κ2) is 7.01. The lowest BCUT2D eigenvalue weighted by Gasteiger charge is -2.20. The Hall–Kier alpha value is -1.42. The van der Waals surface area contributed by atoms with E-state index in [0.29, 0.717) is 19.7 Å². The van der Waals surface area contributed by atoms with E-state index in [1.165, 1.54) is 12.1 Å². The highest BCUT2D eigenvalue weighted by atomic mass is 19.1. The van der Waals surface area contributed by atoms with E-state index in [9.17, 15) is 9.18 Å². The van der Waals surface area contributed by atoms with Gasteiger partial charge in [-0.15, -0.1) is 0 Å². The Morgan fingerprint density at radius 1 is 1.41 bits per heavy atom. The number of likely N-dealkylation sites (N-methyl/N-ethyl adjacent to an activating group) is 1. The second-order valence-electron chi connectivity index (χ2n) is 3.67. The molecule has 0 bridgehead atoms. The van der Waals surface area contributed by atoms with Crippen molar-refractivity contribution in [2.45, 2.75) is 20.4 Å². The van der Waals surface area contributed by atoms with Crippen LogP contribution in [0.5, 0.6) is 0 Å². The molecule has 4 heteroatoms. The first kappa shape index (κ1) is 13.6. The molecule has 3 nitrogen and oxygen atoms in total. The SMILES string of the molecule is CCOCC(=O)N(CC)Cc1cccc(F)c1. The maximum absolute atomic E-state index is 13.0. The predicted molar refractivity (Wildman–Crippen MR) is 64.0 cm³/mol. The maximum Gasteiger partial charge on any atom is 0.248 e. The first-order chi connectivity index (χ1) is 8.17. The van der Waals surface area contributed by atoms with E-state index in [-0.39, 0.29) is 18.3 Å². The zero-order chi connectivity index (χ0) is 12.7. The van der Waals surface area contributed by atoms with Gasteiger partial charge in [0.05, 0.1) is 0 Å². The number of hydrogen-bond acceptors (Lipinski definition) is 2. The second-order valence-corrected chi connectivity index (χ2v) is 3.67. The van der Waals surface area contributed by atoms with Crippen LogP contribution in [0, 0.1) is 5.82 Å².